The van der Waals surface area contributed by atoms with Gasteiger partial charge in [0.15, 0.2) is 0 Å². The molecule has 1 fully saturated rings. The first-order valence-corrected chi connectivity index (χ1v) is 10.9. The minimum absolute atomic E-state index is 0.0568. The molecule has 2 aliphatic heterocycles. The van der Waals surface area contributed by atoms with Crippen molar-refractivity contribution in [3.8, 4) is 0 Å². The van der Waals surface area contributed by atoms with Crippen molar-refractivity contribution in [3.63, 3.8) is 0 Å². The zero-order valence-electron chi connectivity index (χ0n) is 16.8. The summed E-state index contributed by atoms with van der Waals surface area (Å²) in [7, 11) is 0. The molecule has 0 radical (unpaired) electrons. The van der Waals surface area contributed by atoms with E-state index in [0.717, 1.165) is 30.2 Å². The number of carbonyl (C=O) groups is 2. The lowest BCUT2D eigenvalue weighted by Crippen LogP contribution is -2.46. The van der Waals surface area contributed by atoms with E-state index in [2.05, 4.69) is 20.5 Å². The van der Waals surface area contributed by atoms with E-state index in [1.807, 2.05) is 12.1 Å². The van der Waals surface area contributed by atoms with Crippen molar-refractivity contribution in [2.75, 3.05) is 36.4 Å². The zero-order valence-corrected chi connectivity index (χ0v) is 18.3. The molecule has 31 heavy (non-hydrogen) atoms. The van der Waals surface area contributed by atoms with Gasteiger partial charge in [-0.1, -0.05) is 23.2 Å². The minimum atomic E-state index is -0.920. The maximum absolute atomic E-state index is 12.8. The average Bonchev–Trinajstić information content (AvgIpc) is 2.76. The van der Waals surface area contributed by atoms with Gasteiger partial charge in [-0.05, 0) is 42.7 Å². The maximum atomic E-state index is 12.8. The Kier molecular flexibility index (Phi) is 6.38. The van der Waals surface area contributed by atoms with Crippen LogP contribution in [0, 0.1) is 0 Å². The number of benzene rings is 1. The van der Waals surface area contributed by atoms with Gasteiger partial charge in [-0.3, -0.25) is 4.79 Å². The number of hydrogen-bond acceptors (Lipinski definition) is 5. The van der Waals surface area contributed by atoms with E-state index in [-0.39, 0.29) is 11.9 Å². The molecule has 1 aromatic heterocycles. The van der Waals surface area contributed by atoms with Crippen LogP contribution in [0.1, 0.15) is 28.8 Å². The molecule has 1 aromatic carbocycles. The molecule has 0 unspecified atom stereocenters. The molecular formula is C21H23Cl2N5O3. The number of hydrogen-bond donors (Lipinski definition) is 3. The topological polar surface area (TPSA) is 97.8 Å². The average molecular weight is 464 g/mol. The van der Waals surface area contributed by atoms with E-state index in [1.165, 1.54) is 4.90 Å². The Morgan fingerprint density at radius 1 is 1.19 bits per heavy atom. The van der Waals surface area contributed by atoms with Crippen LogP contribution in [0.3, 0.4) is 0 Å². The molecule has 3 N–H and O–H groups in total. The third-order valence-corrected chi connectivity index (χ3v) is 6.22. The molecule has 1 saturated heterocycles. The predicted molar refractivity (Wildman–Crippen MR) is 120 cm³/mol. The molecular weight excluding hydrogens is 441 g/mol. The van der Waals surface area contributed by atoms with Gasteiger partial charge in [-0.2, -0.15) is 0 Å². The molecule has 164 valence electrons. The van der Waals surface area contributed by atoms with Crippen LogP contribution >= 0.6 is 23.2 Å². The van der Waals surface area contributed by atoms with Gasteiger partial charge in [0.05, 0.1) is 11.3 Å². The van der Waals surface area contributed by atoms with E-state index < -0.39 is 6.09 Å². The Morgan fingerprint density at radius 2 is 1.97 bits per heavy atom. The summed E-state index contributed by atoms with van der Waals surface area (Å²) in [5.41, 5.74) is 2.20. The number of rotatable bonds is 4. The Bertz CT molecular complexity index is 995. The van der Waals surface area contributed by atoms with E-state index in [9.17, 15) is 9.59 Å². The van der Waals surface area contributed by atoms with Gasteiger partial charge in [0.25, 0.3) is 5.91 Å². The second-order valence-electron chi connectivity index (χ2n) is 7.69. The highest BCUT2D eigenvalue weighted by molar-refractivity contribution is 6.33. The third-order valence-electron chi connectivity index (χ3n) is 5.61. The molecule has 3 heterocycles. The number of halogens is 2. The SMILES string of the molecule is O=C(NC1CCN(C(=O)O)CC1)c1cnc2c(c1)N(Cc1cc(Cl)ccc1Cl)CCN2. The summed E-state index contributed by atoms with van der Waals surface area (Å²) in [5.74, 6) is 0.506. The van der Waals surface area contributed by atoms with E-state index in [0.29, 0.717) is 48.1 Å². The molecule has 8 nitrogen and oxygen atoms in total. The third kappa shape index (κ3) is 4.97. The van der Waals surface area contributed by atoms with E-state index >= 15 is 0 Å². The van der Waals surface area contributed by atoms with Crippen molar-refractivity contribution in [3.05, 3.63) is 51.6 Å². The number of aromatic nitrogens is 1. The Balaban J connectivity index is 1.47. The Hall–Kier alpha value is -2.71. The maximum Gasteiger partial charge on any atom is 0.407 e. The highest BCUT2D eigenvalue weighted by Crippen LogP contribution is 2.31. The molecule has 0 aliphatic carbocycles. The van der Waals surface area contributed by atoms with Crippen LogP contribution in [0.2, 0.25) is 10.0 Å². The summed E-state index contributed by atoms with van der Waals surface area (Å²) in [6, 6.07) is 7.15. The standard InChI is InChI=1S/C21H23Cl2N5O3/c22-15-1-2-17(23)14(9-15)12-28-8-5-24-19-18(28)10-13(11-25-19)20(29)26-16-3-6-27(7-4-16)21(30)31/h1-2,9-11,16H,3-8,12H2,(H,24,25)(H,26,29)(H,30,31). The molecule has 0 spiro atoms. The van der Waals surface area contributed by atoms with Crippen molar-refractivity contribution < 1.29 is 14.7 Å². The first-order chi connectivity index (χ1) is 14.9. The van der Waals surface area contributed by atoms with Gasteiger partial charge in [-0.25, -0.2) is 9.78 Å². The summed E-state index contributed by atoms with van der Waals surface area (Å²) < 4.78 is 0. The monoisotopic (exact) mass is 463 g/mol. The van der Waals surface area contributed by atoms with Crippen LogP contribution in [0.15, 0.2) is 30.5 Å². The number of likely N-dealkylation sites (tertiary alicyclic amines) is 1. The Morgan fingerprint density at radius 3 is 2.71 bits per heavy atom. The van der Waals surface area contributed by atoms with Crippen LogP contribution in [-0.2, 0) is 6.54 Å². The quantitative estimate of drug-likeness (QED) is 0.639. The van der Waals surface area contributed by atoms with Crippen molar-refractivity contribution in [2.45, 2.75) is 25.4 Å². The van der Waals surface area contributed by atoms with E-state index in [4.69, 9.17) is 28.3 Å². The molecule has 2 amide bonds. The zero-order chi connectivity index (χ0) is 22.0. The van der Waals surface area contributed by atoms with Gasteiger partial charge >= 0.3 is 6.09 Å². The van der Waals surface area contributed by atoms with Crippen LogP contribution in [0.5, 0.6) is 0 Å². The van der Waals surface area contributed by atoms with Crippen LogP contribution < -0.4 is 15.5 Å². The summed E-state index contributed by atoms with van der Waals surface area (Å²) >= 11 is 12.5. The fourth-order valence-electron chi connectivity index (χ4n) is 3.90. The van der Waals surface area contributed by atoms with Crippen molar-refractivity contribution in [1.29, 1.82) is 0 Å². The predicted octanol–water partition coefficient (Wildman–Crippen LogP) is 3.69. The highest BCUT2D eigenvalue weighted by Gasteiger charge is 2.25. The van der Waals surface area contributed by atoms with Crippen LogP contribution in [0.4, 0.5) is 16.3 Å². The summed E-state index contributed by atoms with van der Waals surface area (Å²) in [5, 5.41) is 16.6. The highest BCUT2D eigenvalue weighted by atomic mass is 35.5. The second kappa shape index (κ2) is 9.20. The number of fused-ring (bicyclic) bond motifs is 1. The lowest BCUT2D eigenvalue weighted by atomic mass is 10.0. The number of nitrogens with zero attached hydrogens (tertiary/aromatic N) is 3. The molecule has 0 saturated carbocycles. The second-order valence-corrected chi connectivity index (χ2v) is 8.54. The summed E-state index contributed by atoms with van der Waals surface area (Å²) in [4.78, 5) is 31.8. The van der Waals surface area contributed by atoms with Crippen molar-refractivity contribution >= 4 is 46.7 Å². The number of carbonyl (C=O) groups excluding carboxylic acids is 1. The van der Waals surface area contributed by atoms with Gasteiger partial charge in [0.1, 0.15) is 5.82 Å². The Labute approximate surface area is 190 Å². The van der Waals surface area contributed by atoms with Crippen LogP contribution in [0.25, 0.3) is 0 Å². The fourth-order valence-corrected chi connectivity index (χ4v) is 4.27. The normalized spacial score (nSPS) is 16.5. The molecule has 2 aromatic rings. The number of pyridine rings is 1. The van der Waals surface area contributed by atoms with Crippen LogP contribution in [-0.4, -0.2) is 59.2 Å². The largest absolute Gasteiger partial charge is 0.465 e. The molecule has 0 bridgehead atoms. The molecule has 4 rings (SSSR count). The number of piperidine rings is 1. The summed E-state index contributed by atoms with van der Waals surface area (Å²) in [6.07, 6.45) is 1.83. The number of nitrogens with one attached hydrogen (secondary N) is 2. The van der Waals surface area contributed by atoms with Gasteiger partial charge in [0, 0.05) is 55.0 Å². The van der Waals surface area contributed by atoms with E-state index in [1.54, 1.807) is 18.3 Å². The fraction of sp³-hybridized carbons (Fsp3) is 0.381. The van der Waals surface area contributed by atoms with Gasteiger partial charge in [-0.15, -0.1) is 0 Å². The van der Waals surface area contributed by atoms with Crippen molar-refractivity contribution in [2.24, 2.45) is 0 Å². The number of amides is 2. The molecule has 2 aliphatic rings. The lowest BCUT2D eigenvalue weighted by molar-refractivity contribution is 0.0907. The first-order valence-electron chi connectivity index (χ1n) is 10.1. The number of carboxylic acid groups (broad SMARTS) is 1. The molecule has 0 atom stereocenters. The number of anilines is 2. The minimum Gasteiger partial charge on any atom is -0.465 e. The van der Waals surface area contributed by atoms with Crippen molar-refractivity contribution in [1.82, 2.24) is 15.2 Å². The first kappa shape index (κ1) is 21.5. The summed E-state index contributed by atoms with van der Waals surface area (Å²) in [6.45, 7) is 2.85. The van der Waals surface area contributed by atoms with Gasteiger partial charge in [0.2, 0.25) is 0 Å². The smallest absolute Gasteiger partial charge is 0.407 e. The lowest BCUT2D eigenvalue weighted by Gasteiger charge is -2.32. The molecule has 10 heteroatoms. The van der Waals surface area contributed by atoms with Gasteiger partial charge < -0.3 is 25.5 Å².